The summed E-state index contributed by atoms with van der Waals surface area (Å²) in [5.41, 5.74) is 0.668. The minimum Gasteiger partial charge on any atom is -0.508 e. The van der Waals surface area contributed by atoms with Crippen molar-refractivity contribution in [2.24, 2.45) is 0 Å². The maximum atomic E-state index is 12.3. The second-order valence-electron chi connectivity index (χ2n) is 3.76. The Morgan fingerprint density at radius 1 is 1.26 bits per heavy atom. The van der Waals surface area contributed by atoms with Gasteiger partial charge in [-0.1, -0.05) is 29.3 Å². The summed E-state index contributed by atoms with van der Waals surface area (Å²) < 4.78 is 0. The molecular formula is C12H9Cl2N3O2. The number of benzene rings is 1. The zero-order chi connectivity index (χ0) is 14.0. The smallest absolute Gasteiger partial charge is 0.261 e. The first-order chi connectivity index (χ1) is 8.99. The Balaban J connectivity index is 2.36. The molecule has 0 spiro atoms. The molecule has 0 aliphatic rings. The molecule has 0 atom stereocenters. The highest BCUT2D eigenvalue weighted by Gasteiger charge is 2.18. The summed E-state index contributed by atoms with van der Waals surface area (Å²) in [7, 11) is 1.56. The Morgan fingerprint density at radius 2 is 2.00 bits per heavy atom. The van der Waals surface area contributed by atoms with E-state index in [1.54, 1.807) is 19.2 Å². The van der Waals surface area contributed by atoms with E-state index in [1.165, 1.54) is 23.1 Å². The van der Waals surface area contributed by atoms with Crippen LogP contribution in [0.15, 0.2) is 30.3 Å². The summed E-state index contributed by atoms with van der Waals surface area (Å²) in [6.45, 7) is 0. The summed E-state index contributed by atoms with van der Waals surface area (Å²) in [6, 6.07) is 7.63. The number of aromatic hydroxyl groups is 1. The molecular weight excluding hydrogens is 289 g/mol. The Hall–Kier alpha value is -1.85. The molecule has 1 aromatic carbocycles. The SMILES string of the molecule is CN(C(=O)c1cc(Cl)nnc1Cl)c1cccc(O)c1. The van der Waals surface area contributed by atoms with Gasteiger partial charge < -0.3 is 10.0 Å². The van der Waals surface area contributed by atoms with Crippen LogP contribution in [-0.4, -0.2) is 28.3 Å². The van der Waals surface area contributed by atoms with Crippen molar-refractivity contribution in [3.63, 3.8) is 0 Å². The first-order valence-electron chi connectivity index (χ1n) is 5.25. The molecule has 0 saturated heterocycles. The molecule has 0 aliphatic carbocycles. The first-order valence-corrected chi connectivity index (χ1v) is 6.00. The van der Waals surface area contributed by atoms with Crippen molar-refractivity contribution in [3.05, 3.63) is 46.2 Å². The summed E-state index contributed by atoms with van der Waals surface area (Å²) in [5.74, 6) is -0.332. The molecule has 1 heterocycles. The maximum Gasteiger partial charge on any atom is 0.261 e. The molecule has 2 aromatic rings. The number of carbonyl (C=O) groups excluding carboxylic acids is 1. The number of aromatic nitrogens is 2. The van der Waals surface area contributed by atoms with E-state index in [0.717, 1.165) is 0 Å². The van der Waals surface area contributed by atoms with Crippen molar-refractivity contribution < 1.29 is 9.90 Å². The van der Waals surface area contributed by atoms with E-state index in [-0.39, 0.29) is 21.6 Å². The van der Waals surface area contributed by atoms with Crippen LogP contribution in [0, 0.1) is 0 Å². The van der Waals surface area contributed by atoms with Gasteiger partial charge in [0.05, 0.1) is 5.56 Å². The second-order valence-corrected chi connectivity index (χ2v) is 4.50. The van der Waals surface area contributed by atoms with E-state index >= 15 is 0 Å². The van der Waals surface area contributed by atoms with Crippen molar-refractivity contribution in [3.8, 4) is 5.75 Å². The maximum absolute atomic E-state index is 12.3. The molecule has 5 nitrogen and oxygen atoms in total. The molecule has 2 rings (SSSR count). The van der Waals surface area contributed by atoms with Gasteiger partial charge in [0.1, 0.15) is 5.75 Å². The summed E-state index contributed by atoms with van der Waals surface area (Å²) >= 11 is 11.5. The number of carbonyl (C=O) groups is 1. The molecule has 0 bridgehead atoms. The zero-order valence-corrected chi connectivity index (χ0v) is 11.4. The fraction of sp³-hybridized carbons (Fsp3) is 0.0833. The van der Waals surface area contributed by atoms with Crippen LogP contribution < -0.4 is 4.90 Å². The molecule has 0 aliphatic heterocycles. The number of halogens is 2. The molecule has 0 unspecified atom stereocenters. The van der Waals surface area contributed by atoms with Crippen LogP contribution in [0.4, 0.5) is 5.69 Å². The van der Waals surface area contributed by atoms with Gasteiger partial charge in [0.25, 0.3) is 5.91 Å². The van der Waals surface area contributed by atoms with Gasteiger partial charge in [-0.25, -0.2) is 0 Å². The Bertz CT molecular complexity index is 634. The van der Waals surface area contributed by atoms with E-state index in [0.29, 0.717) is 5.69 Å². The Kier molecular flexibility index (Phi) is 3.87. The predicted octanol–water partition coefficient (Wildman–Crippen LogP) is 2.77. The minimum absolute atomic E-state index is 0.0265. The van der Waals surface area contributed by atoms with Crippen molar-refractivity contribution in [1.29, 1.82) is 0 Å². The van der Waals surface area contributed by atoms with Crippen LogP contribution in [-0.2, 0) is 0 Å². The molecule has 98 valence electrons. The van der Waals surface area contributed by atoms with Gasteiger partial charge in [-0.2, -0.15) is 0 Å². The fourth-order valence-corrected chi connectivity index (χ4v) is 1.82. The van der Waals surface area contributed by atoms with Gasteiger partial charge in [0.15, 0.2) is 10.3 Å². The van der Waals surface area contributed by atoms with Gasteiger partial charge >= 0.3 is 0 Å². The second kappa shape index (κ2) is 5.42. The first kappa shape index (κ1) is 13.6. The summed E-state index contributed by atoms with van der Waals surface area (Å²) in [4.78, 5) is 13.6. The lowest BCUT2D eigenvalue weighted by atomic mass is 10.2. The highest BCUT2D eigenvalue weighted by atomic mass is 35.5. The Labute approximate surface area is 119 Å². The van der Waals surface area contributed by atoms with Gasteiger partial charge in [0.2, 0.25) is 0 Å². The van der Waals surface area contributed by atoms with Crippen molar-refractivity contribution >= 4 is 34.8 Å². The molecule has 19 heavy (non-hydrogen) atoms. The lowest BCUT2D eigenvalue weighted by Crippen LogP contribution is -2.26. The topological polar surface area (TPSA) is 66.3 Å². The number of anilines is 1. The lowest BCUT2D eigenvalue weighted by Gasteiger charge is -2.17. The quantitative estimate of drug-likeness (QED) is 0.925. The number of hydrogen-bond acceptors (Lipinski definition) is 4. The highest BCUT2D eigenvalue weighted by Crippen LogP contribution is 2.23. The van der Waals surface area contributed by atoms with E-state index < -0.39 is 5.91 Å². The number of phenolic OH excluding ortho intramolecular Hbond substituents is 1. The predicted molar refractivity (Wildman–Crippen MR) is 72.9 cm³/mol. The fourth-order valence-electron chi connectivity index (χ4n) is 1.50. The van der Waals surface area contributed by atoms with Crippen LogP contribution >= 0.6 is 23.2 Å². The van der Waals surface area contributed by atoms with Crippen LogP contribution in [0.1, 0.15) is 10.4 Å². The Morgan fingerprint density at radius 3 is 2.68 bits per heavy atom. The third-order valence-corrected chi connectivity index (χ3v) is 2.93. The van der Waals surface area contributed by atoms with Gasteiger partial charge in [-0.05, 0) is 18.2 Å². The number of amides is 1. The van der Waals surface area contributed by atoms with Gasteiger partial charge in [-0.15, -0.1) is 10.2 Å². The van der Waals surface area contributed by atoms with Crippen LogP contribution in [0.2, 0.25) is 10.3 Å². The third-order valence-electron chi connectivity index (χ3n) is 2.47. The standard InChI is InChI=1S/C12H9Cl2N3O2/c1-17(7-3-2-4-8(18)5-7)12(19)9-6-10(13)15-16-11(9)14/h2-6,18H,1H3. The molecule has 1 aromatic heterocycles. The van der Waals surface area contributed by atoms with Crippen LogP contribution in [0.25, 0.3) is 0 Å². The van der Waals surface area contributed by atoms with E-state index in [4.69, 9.17) is 23.2 Å². The highest BCUT2D eigenvalue weighted by molar-refractivity contribution is 6.34. The number of rotatable bonds is 2. The van der Waals surface area contributed by atoms with Crippen molar-refractivity contribution in [2.75, 3.05) is 11.9 Å². The summed E-state index contributed by atoms with van der Waals surface area (Å²) in [6.07, 6.45) is 0. The third kappa shape index (κ3) is 2.94. The summed E-state index contributed by atoms with van der Waals surface area (Å²) in [5, 5.41) is 16.6. The van der Waals surface area contributed by atoms with Crippen molar-refractivity contribution in [2.45, 2.75) is 0 Å². The van der Waals surface area contributed by atoms with Gasteiger partial charge in [-0.3, -0.25) is 4.79 Å². The molecule has 1 N–H and O–H groups in total. The monoisotopic (exact) mass is 297 g/mol. The van der Waals surface area contributed by atoms with Gasteiger partial charge in [0, 0.05) is 18.8 Å². The van der Waals surface area contributed by atoms with Crippen LogP contribution in [0.3, 0.4) is 0 Å². The largest absolute Gasteiger partial charge is 0.508 e. The molecule has 0 radical (unpaired) electrons. The number of nitrogens with zero attached hydrogens (tertiary/aromatic N) is 3. The van der Waals surface area contributed by atoms with E-state index in [9.17, 15) is 9.90 Å². The number of hydrogen-bond donors (Lipinski definition) is 1. The zero-order valence-electron chi connectivity index (χ0n) is 9.84. The molecule has 1 amide bonds. The van der Waals surface area contributed by atoms with E-state index in [1.807, 2.05) is 0 Å². The minimum atomic E-state index is -0.396. The van der Waals surface area contributed by atoms with E-state index in [2.05, 4.69) is 10.2 Å². The molecule has 0 saturated carbocycles. The molecule has 7 heteroatoms. The normalized spacial score (nSPS) is 10.3. The average Bonchev–Trinajstić information content (AvgIpc) is 2.40. The lowest BCUT2D eigenvalue weighted by molar-refractivity contribution is 0.0992. The van der Waals surface area contributed by atoms with Crippen LogP contribution in [0.5, 0.6) is 5.75 Å². The molecule has 0 fully saturated rings. The average molecular weight is 298 g/mol. The van der Waals surface area contributed by atoms with Crippen molar-refractivity contribution in [1.82, 2.24) is 10.2 Å². The number of phenols is 1.